The highest BCUT2D eigenvalue weighted by molar-refractivity contribution is 7.80. The molecular weight excluding hydrogens is 440 g/mol. The zero-order valence-corrected chi connectivity index (χ0v) is 22.3. The molecule has 4 nitrogen and oxygen atoms in total. The third-order valence-corrected chi connectivity index (χ3v) is 6.32. The predicted octanol–water partition coefficient (Wildman–Crippen LogP) is 7.73. The van der Waals surface area contributed by atoms with Crippen LogP contribution in [0.5, 0.6) is 0 Å². The molecule has 0 bridgehead atoms. The number of rotatable bonds is 25. The van der Waals surface area contributed by atoms with Gasteiger partial charge in [-0.15, -0.1) is 0 Å². The maximum Gasteiger partial charge on any atom is 0.305 e. The molecule has 0 saturated carbocycles. The fourth-order valence-corrected chi connectivity index (χ4v) is 4.14. The Hall–Kier alpha value is -0.360. The van der Waals surface area contributed by atoms with E-state index in [0.717, 1.165) is 37.2 Å². The number of hydrogen-bond donors (Lipinski definition) is 2. The van der Waals surface area contributed by atoms with Crippen molar-refractivity contribution in [3.63, 3.8) is 0 Å². The number of esters is 2. The first-order chi connectivity index (χ1) is 15.7. The van der Waals surface area contributed by atoms with Gasteiger partial charge in [-0.25, -0.2) is 0 Å². The van der Waals surface area contributed by atoms with E-state index in [1.54, 1.807) is 0 Å². The highest BCUT2D eigenvalue weighted by Crippen LogP contribution is 2.12. The van der Waals surface area contributed by atoms with Gasteiger partial charge in [0.25, 0.3) is 0 Å². The van der Waals surface area contributed by atoms with Crippen molar-refractivity contribution in [2.75, 3.05) is 24.7 Å². The minimum atomic E-state index is -0.182. The van der Waals surface area contributed by atoms with Crippen molar-refractivity contribution in [3.05, 3.63) is 0 Å². The Balaban J connectivity index is 3.29. The minimum Gasteiger partial charge on any atom is -0.462 e. The van der Waals surface area contributed by atoms with Crippen LogP contribution >= 0.6 is 25.3 Å². The van der Waals surface area contributed by atoms with Gasteiger partial charge in [0, 0.05) is 12.8 Å². The van der Waals surface area contributed by atoms with Crippen LogP contribution in [0.1, 0.15) is 128 Å². The first kappa shape index (κ1) is 31.6. The van der Waals surface area contributed by atoms with E-state index in [-0.39, 0.29) is 25.2 Å². The van der Waals surface area contributed by atoms with Crippen molar-refractivity contribution in [2.45, 2.75) is 128 Å². The Labute approximate surface area is 209 Å². The van der Waals surface area contributed by atoms with Crippen molar-refractivity contribution in [2.24, 2.45) is 0 Å². The van der Waals surface area contributed by atoms with Crippen LogP contribution < -0.4 is 0 Å². The first-order valence-corrected chi connectivity index (χ1v) is 14.5. The van der Waals surface area contributed by atoms with E-state index >= 15 is 0 Å². The van der Waals surface area contributed by atoms with Crippen molar-refractivity contribution in [1.82, 2.24) is 0 Å². The van der Waals surface area contributed by atoms with E-state index in [0.29, 0.717) is 12.8 Å². The van der Waals surface area contributed by atoms with Crippen LogP contribution in [-0.4, -0.2) is 36.7 Å². The molecule has 0 unspecified atom stereocenters. The Morgan fingerprint density at radius 1 is 0.406 bits per heavy atom. The molecule has 0 aliphatic heterocycles. The number of unbranched alkanes of at least 4 members (excludes halogenated alkanes) is 16. The van der Waals surface area contributed by atoms with Crippen LogP contribution in [0.3, 0.4) is 0 Å². The molecule has 0 fully saturated rings. The molecule has 0 aliphatic rings. The lowest BCUT2D eigenvalue weighted by Gasteiger charge is -2.07. The van der Waals surface area contributed by atoms with E-state index in [1.807, 2.05) is 0 Å². The lowest BCUT2D eigenvalue weighted by atomic mass is 10.1. The summed E-state index contributed by atoms with van der Waals surface area (Å²) in [5, 5.41) is 0. The van der Waals surface area contributed by atoms with Crippen LogP contribution in [-0.2, 0) is 19.1 Å². The monoisotopic (exact) mass is 490 g/mol. The largest absolute Gasteiger partial charge is 0.462 e. The number of carbonyl (C=O) groups excluding carboxylic acids is 2. The van der Waals surface area contributed by atoms with Gasteiger partial charge >= 0.3 is 11.9 Å². The molecule has 0 aromatic rings. The van der Waals surface area contributed by atoms with E-state index in [1.165, 1.54) is 89.9 Å². The summed E-state index contributed by atoms with van der Waals surface area (Å²) in [6.07, 6.45) is 22.6. The van der Waals surface area contributed by atoms with Gasteiger partial charge in [0.1, 0.15) is 13.2 Å². The van der Waals surface area contributed by atoms with E-state index in [4.69, 9.17) is 9.47 Å². The van der Waals surface area contributed by atoms with Gasteiger partial charge in [-0.3, -0.25) is 9.59 Å². The normalized spacial score (nSPS) is 10.9. The van der Waals surface area contributed by atoms with Crippen molar-refractivity contribution in [1.29, 1.82) is 0 Å². The fourth-order valence-electron chi connectivity index (χ4n) is 3.69. The second-order valence-corrected chi connectivity index (χ2v) is 9.65. The lowest BCUT2D eigenvalue weighted by molar-refractivity contribution is -0.152. The molecule has 0 radical (unpaired) electrons. The average molecular weight is 491 g/mol. The maximum absolute atomic E-state index is 11.7. The molecule has 32 heavy (non-hydrogen) atoms. The van der Waals surface area contributed by atoms with Gasteiger partial charge in [-0.1, -0.05) is 89.9 Å². The molecule has 190 valence electrons. The van der Waals surface area contributed by atoms with Crippen LogP contribution in [0, 0.1) is 0 Å². The second kappa shape index (κ2) is 26.9. The summed E-state index contributed by atoms with van der Waals surface area (Å²) < 4.78 is 10.3. The summed E-state index contributed by atoms with van der Waals surface area (Å²) in [6, 6.07) is 0. The molecular formula is C26H50O4S2. The van der Waals surface area contributed by atoms with E-state index in [9.17, 15) is 9.59 Å². The Kier molecular flexibility index (Phi) is 26.6. The number of hydrogen-bond acceptors (Lipinski definition) is 6. The summed E-state index contributed by atoms with van der Waals surface area (Å²) in [6.45, 7) is 0.341. The molecule has 0 aliphatic carbocycles. The Morgan fingerprint density at radius 3 is 0.938 bits per heavy atom. The van der Waals surface area contributed by atoms with Crippen molar-refractivity contribution >= 4 is 37.2 Å². The van der Waals surface area contributed by atoms with Gasteiger partial charge in [0.15, 0.2) is 0 Å². The van der Waals surface area contributed by atoms with Gasteiger partial charge in [-0.05, 0) is 37.2 Å². The van der Waals surface area contributed by atoms with E-state index in [2.05, 4.69) is 25.3 Å². The summed E-state index contributed by atoms with van der Waals surface area (Å²) >= 11 is 8.45. The van der Waals surface area contributed by atoms with Gasteiger partial charge in [0.2, 0.25) is 0 Å². The van der Waals surface area contributed by atoms with Crippen LogP contribution in [0.15, 0.2) is 0 Å². The fraction of sp³-hybridized carbons (Fsp3) is 0.923. The topological polar surface area (TPSA) is 52.6 Å². The molecule has 6 heteroatoms. The van der Waals surface area contributed by atoms with Gasteiger partial charge < -0.3 is 9.47 Å². The highest BCUT2D eigenvalue weighted by Gasteiger charge is 2.05. The smallest absolute Gasteiger partial charge is 0.305 e. The number of carbonyl (C=O) groups is 2. The molecule has 0 N–H and O–H groups in total. The molecule has 0 atom stereocenters. The molecule has 0 aromatic carbocycles. The molecule has 0 rings (SSSR count). The summed E-state index contributed by atoms with van der Waals surface area (Å²) in [5.41, 5.74) is 0. The number of thiol groups is 2. The Bertz CT molecular complexity index is 381. The standard InChI is InChI=1S/C26H50O4S2/c27-25(19-15-11-7-3-1-5-9-13-17-23-31)29-21-22-30-26(28)20-16-12-8-4-2-6-10-14-18-24-32/h31-32H,1-24H2. The maximum atomic E-state index is 11.7. The third kappa shape index (κ3) is 25.9. The molecule has 0 heterocycles. The van der Waals surface area contributed by atoms with Gasteiger partial charge in [-0.2, -0.15) is 25.3 Å². The molecule has 0 aromatic heterocycles. The average Bonchev–Trinajstić information content (AvgIpc) is 2.79. The zero-order chi connectivity index (χ0) is 23.5. The van der Waals surface area contributed by atoms with Crippen LogP contribution in [0.2, 0.25) is 0 Å². The van der Waals surface area contributed by atoms with Crippen LogP contribution in [0.25, 0.3) is 0 Å². The van der Waals surface area contributed by atoms with Crippen molar-refractivity contribution < 1.29 is 19.1 Å². The second-order valence-electron chi connectivity index (χ2n) is 8.75. The molecule has 0 saturated heterocycles. The summed E-state index contributed by atoms with van der Waals surface area (Å²) in [7, 11) is 0. The molecule has 0 spiro atoms. The number of ether oxygens (including phenoxy) is 2. The lowest BCUT2D eigenvalue weighted by Crippen LogP contribution is -2.13. The zero-order valence-electron chi connectivity index (χ0n) is 20.5. The molecule has 0 amide bonds. The summed E-state index contributed by atoms with van der Waals surface area (Å²) in [5.74, 6) is 1.63. The SMILES string of the molecule is O=C(CCCCCCCCCCCS)OCCOC(=O)CCCCCCCCCCCS. The first-order valence-electron chi connectivity index (χ1n) is 13.2. The summed E-state index contributed by atoms with van der Waals surface area (Å²) in [4.78, 5) is 23.4. The van der Waals surface area contributed by atoms with Crippen molar-refractivity contribution in [3.8, 4) is 0 Å². The third-order valence-electron chi connectivity index (χ3n) is 5.69. The van der Waals surface area contributed by atoms with Gasteiger partial charge in [0.05, 0.1) is 0 Å². The Morgan fingerprint density at radius 2 is 0.656 bits per heavy atom. The minimum absolute atomic E-state index is 0.171. The van der Waals surface area contributed by atoms with E-state index < -0.39 is 0 Å². The predicted molar refractivity (Wildman–Crippen MR) is 142 cm³/mol. The quantitative estimate of drug-likeness (QED) is 0.0781. The highest BCUT2D eigenvalue weighted by atomic mass is 32.1. The van der Waals surface area contributed by atoms with Crippen LogP contribution in [0.4, 0.5) is 0 Å².